The Morgan fingerprint density at radius 1 is 1.19 bits per heavy atom. The number of amides is 2. The average Bonchev–Trinajstić information content (AvgIpc) is 3.22. The zero-order chi connectivity index (χ0) is 24.9. The zero-order valence-corrected chi connectivity index (χ0v) is 20.8. The highest BCUT2D eigenvalue weighted by molar-refractivity contribution is 6.11. The van der Waals surface area contributed by atoms with Gasteiger partial charge >= 0.3 is 0 Å². The fourth-order valence-electron chi connectivity index (χ4n) is 6.15. The summed E-state index contributed by atoms with van der Waals surface area (Å²) >= 11 is 0. The van der Waals surface area contributed by atoms with Crippen molar-refractivity contribution >= 4 is 28.4 Å². The maximum absolute atomic E-state index is 13.3. The molecule has 3 unspecified atom stereocenters. The molecule has 188 valence electrons. The van der Waals surface area contributed by atoms with Crippen LogP contribution in [-0.2, 0) is 16.1 Å². The van der Waals surface area contributed by atoms with Crippen LogP contribution in [0.2, 0.25) is 0 Å². The van der Waals surface area contributed by atoms with Crippen LogP contribution in [-0.4, -0.2) is 34.8 Å². The van der Waals surface area contributed by atoms with Crippen molar-refractivity contribution in [2.75, 3.05) is 18.5 Å². The standard InChI is InChI=1S/C28H33N5O3/c1-17-13-18(11-12-19(17)24-20-7-3-4-8-21(20)26(34)31-30-24)29-27(35)25-22-9-5-6-10-23(22)33(32-25)14-28(2)15-36-16-28/h5-6,9-13,20-21,24,30H,3-4,7-8,14-16H2,1-2H3,(H,29,35)(H,31,34). The summed E-state index contributed by atoms with van der Waals surface area (Å²) in [5, 5.41) is 8.62. The molecular formula is C28H33N5O3. The maximum Gasteiger partial charge on any atom is 0.276 e. The second-order valence-electron chi connectivity index (χ2n) is 11.0. The number of para-hydroxylation sites is 1. The lowest BCUT2D eigenvalue weighted by molar-refractivity contribution is -0.133. The van der Waals surface area contributed by atoms with Crippen molar-refractivity contribution in [2.45, 2.75) is 52.1 Å². The van der Waals surface area contributed by atoms with Crippen molar-refractivity contribution in [2.24, 2.45) is 17.3 Å². The first-order valence-electron chi connectivity index (χ1n) is 12.9. The Kier molecular flexibility index (Phi) is 5.80. The highest BCUT2D eigenvalue weighted by atomic mass is 16.5. The largest absolute Gasteiger partial charge is 0.380 e. The van der Waals surface area contributed by atoms with Crippen molar-refractivity contribution in [3.63, 3.8) is 0 Å². The topological polar surface area (TPSA) is 97.3 Å². The Hall–Kier alpha value is -3.23. The lowest BCUT2D eigenvalue weighted by Gasteiger charge is -2.41. The van der Waals surface area contributed by atoms with Crippen LogP contribution in [0.25, 0.3) is 10.9 Å². The summed E-state index contributed by atoms with van der Waals surface area (Å²) in [4.78, 5) is 25.7. The summed E-state index contributed by atoms with van der Waals surface area (Å²) in [5.41, 5.74) is 10.5. The van der Waals surface area contributed by atoms with E-state index in [-0.39, 0.29) is 29.2 Å². The van der Waals surface area contributed by atoms with Crippen molar-refractivity contribution in [1.29, 1.82) is 0 Å². The average molecular weight is 488 g/mol. The van der Waals surface area contributed by atoms with E-state index in [1.807, 2.05) is 41.1 Å². The smallest absolute Gasteiger partial charge is 0.276 e. The molecule has 0 radical (unpaired) electrons. The van der Waals surface area contributed by atoms with Crippen LogP contribution in [0.15, 0.2) is 42.5 Å². The molecule has 3 fully saturated rings. The van der Waals surface area contributed by atoms with Gasteiger partial charge in [-0.25, -0.2) is 5.43 Å². The minimum absolute atomic E-state index is 0.0411. The fourth-order valence-corrected chi connectivity index (χ4v) is 6.15. The molecule has 2 aromatic carbocycles. The van der Waals surface area contributed by atoms with Crippen LogP contribution in [0, 0.1) is 24.2 Å². The first kappa shape index (κ1) is 23.2. The number of hydrazine groups is 1. The van der Waals surface area contributed by atoms with Gasteiger partial charge in [-0.15, -0.1) is 0 Å². The van der Waals surface area contributed by atoms with Gasteiger partial charge < -0.3 is 10.1 Å². The van der Waals surface area contributed by atoms with E-state index in [4.69, 9.17) is 9.84 Å². The monoisotopic (exact) mass is 487 g/mol. The predicted molar refractivity (Wildman–Crippen MR) is 137 cm³/mol. The summed E-state index contributed by atoms with van der Waals surface area (Å²) < 4.78 is 7.34. The van der Waals surface area contributed by atoms with Gasteiger partial charge in [-0.3, -0.25) is 19.7 Å². The lowest BCUT2D eigenvalue weighted by atomic mass is 9.71. The summed E-state index contributed by atoms with van der Waals surface area (Å²) in [7, 11) is 0. The molecule has 6 rings (SSSR count). The van der Waals surface area contributed by atoms with Gasteiger partial charge in [0.2, 0.25) is 5.91 Å². The van der Waals surface area contributed by atoms with Crippen LogP contribution in [0.3, 0.4) is 0 Å². The van der Waals surface area contributed by atoms with E-state index in [1.54, 1.807) is 0 Å². The van der Waals surface area contributed by atoms with Gasteiger partial charge in [0, 0.05) is 22.4 Å². The van der Waals surface area contributed by atoms with Gasteiger partial charge in [0.1, 0.15) is 0 Å². The molecule has 3 heterocycles. The number of carbonyl (C=O) groups excluding carboxylic acids is 2. The Balaban J connectivity index is 1.23. The molecule has 2 aliphatic heterocycles. The number of hydrogen-bond donors (Lipinski definition) is 3. The predicted octanol–water partition coefficient (Wildman–Crippen LogP) is 4.12. The molecular weight excluding hydrogens is 454 g/mol. The van der Waals surface area contributed by atoms with E-state index in [0.29, 0.717) is 31.4 Å². The quantitative estimate of drug-likeness (QED) is 0.503. The molecule has 8 heteroatoms. The summed E-state index contributed by atoms with van der Waals surface area (Å²) in [6, 6.07) is 14.0. The molecule has 2 saturated heterocycles. The Morgan fingerprint density at radius 3 is 2.78 bits per heavy atom. The minimum Gasteiger partial charge on any atom is -0.380 e. The molecule has 3 N–H and O–H groups in total. The first-order valence-corrected chi connectivity index (χ1v) is 12.9. The number of ether oxygens (including phenoxy) is 1. The number of carbonyl (C=O) groups is 2. The molecule has 3 atom stereocenters. The molecule has 8 nitrogen and oxygen atoms in total. The third-order valence-electron chi connectivity index (χ3n) is 8.10. The Bertz CT molecular complexity index is 1330. The van der Waals surface area contributed by atoms with Gasteiger partial charge in [-0.05, 0) is 55.0 Å². The van der Waals surface area contributed by atoms with Gasteiger partial charge in [-0.1, -0.05) is 44.0 Å². The van der Waals surface area contributed by atoms with Crippen molar-refractivity contribution < 1.29 is 14.3 Å². The maximum atomic E-state index is 13.3. The molecule has 3 aromatic rings. The molecule has 0 spiro atoms. The number of hydrogen-bond acceptors (Lipinski definition) is 5. The number of benzene rings is 2. The minimum atomic E-state index is -0.220. The molecule has 1 aliphatic carbocycles. The van der Waals surface area contributed by atoms with Gasteiger partial charge in [-0.2, -0.15) is 5.10 Å². The number of fused-ring (bicyclic) bond motifs is 2. The van der Waals surface area contributed by atoms with Crippen molar-refractivity contribution in [3.8, 4) is 0 Å². The van der Waals surface area contributed by atoms with Crippen LogP contribution < -0.4 is 16.2 Å². The van der Waals surface area contributed by atoms with Crippen LogP contribution in [0.1, 0.15) is 60.3 Å². The zero-order valence-electron chi connectivity index (χ0n) is 20.8. The molecule has 2 amide bonds. The van der Waals surface area contributed by atoms with E-state index in [2.05, 4.69) is 36.1 Å². The number of nitrogens with zero attached hydrogens (tertiary/aromatic N) is 2. The third-order valence-corrected chi connectivity index (χ3v) is 8.10. The van der Waals surface area contributed by atoms with E-state index < -0.39 is 0 Å². The second kappa shape index (κ2) is 9.01. The molecule has 1 saturated carbocycles. The van der Waals surface area contributed by atoms with Crippen LogP contribution >= 0.6 is 0 Å². The highest BCUT2D eigenvalue weighted by Crippen LogP contribution is 2.41. The van der Waals surface area contributed by atoms with E-state index >= 15 is 0 Å². The number of rotatable bonds is 5. The SMILES string of the molecule is Cc1cc(NC(=O)c2nn(CC3(C)COC3)c3ccccc23)ccc1C1NNC(=O)C2CCCCC21. The normalized spacial score (nSPS) is 25.1. The third kappa shape index (κ3) is 4.08. The first-order chi connectivity index (χ1) is 17.4. The molecule has 36 heavy (non-hydrogen) atoms. The van der Waals surface area contributed by atoms with Crippen LogP contribution in [0.5, 0.6) is 0 Å². The number of anilines is 1. The molecule has 0 bridgehead atoms. The fraction of sp³-hybridized carbons (Fsp3) is 0.464. The molecule has 3 aliphatic rings. The number of aryl methyl sites for hydroxylation is 1. The number of aromatic nitrogens is 2. The van der Waals surface area contributed by atoms with Crippen molar-refractivity contribution in [1.82, 2.24) is 20.6 Å². The van der Waals surface area contributed by atoms with Gasteiger partial charge in [0.25, 0.3) is 5.91 Å². The summed E-state index contributed by atoms with van der Waals surface area (Å²) in [5.74, 6) is 0.260. The van der Waals surface area contributed by atoms with Crippen LogP contribution in [0.4, 0.5) is 5.69 Å². The van der Waals surface area contributed by atoms with E-state index in [9.17, 15) is 9.59 Å². The second-order valence-corrected chi connectivity index (χ2v) is 11.0. The van der Waals surface area contributed by atoms with Crippen molar-refractivity contribution in [3.05, 3.63) is 59.3 Å². The Morgan fingerprint density at radius 2 is 2.00 bits per heavy atom. The van der Waals surface area contributed by atoms with E-state index in [1.165, 1.54) is 0 Å². The summed E-state index contributed by atoms with van der Waals surface area (Å²) in [6.07, 6.45) is 4.28. The van der Waals surface area contributed by atoms with Gasteiger partial charge in [0.05, 0.1) is 31.3 Å². The summed E-state index contributed by atoms with van der Waals surface area (Å²) in [6.45, 7) is 6.36. The lowest BCUT2D eigenvalue weighted by Crippen LogP contribution is -2.55. The number of nitrogens with one attached hydrogen (secondary N) is 3. The Labute approximate surface area is 210 Å². The highest BCUT2D eigenvalue weighted by Gasteiger charge is 2.41. The van der Waals surface area contributed by atoms with E-state index in [0.717, 1.165) is 53.4 Å². The molecule has 1 aromatic heterocycles. The van der Waals surface area contributed by atoms with Gasteiger partial charge in [0.15, 0.2) is 5.69 Å².